The molecule has 1 unspecified atom stereocenters. The first-order chi connectivity index (χ1) is 9.75. The summed E-state index contributed by atoms with van der Waals surface area (Å²) >= 11 is 3.38. The second-order valence-electron chi connectivity index (χ2n) is 5.18. The van der Waals surface area contributed by atoms with E-state index in [1.54, 1.807) is 22.7 Å². The molecule has 3 nitrogen and oxygen atoms in total. The maximum Gasteiger partial charge on any atom is 0.224 e. The van der Waals surface area contributed by atoms with Gasteiger partial charge in [0, 0.05) is 15.7 Å². The Bertz CT molecular complexity index is 518. The number of amides is 1. The van der Waals surface area contributed by atoms with Gasteiger partial charge in [0.05, 0.1) is 6.04 Å². The van der Waals surface area contributed by atoms with Crippen LogP contribution >= 0.6 is 35.1 Å². The molecular formula is C15H19ClN2OS2. The van der Waals surface area contributed by atoms with E-state index in [9.17, 15) is 4.79 Å². The molecule has 2 aromatic heterocycles. The van der Waals surface area contributed by atoms with Crippen molar-refractivity contribution in [2.75, 3.05) is 13.1 Å². The molecule has 1 saturated heterocycles. The van der Waals surface area contributed by atoms with Crippen molar-refractivity contribution in [2.24, 2.45) is 11.8 Å². The molecule has 6 heteroatoms. The summed E-state index contributed by atoms with van der Waals surface area (Å²) in [6, 6.07) is 8.24. The lowest BCUT2D eigenvalue weighted by Gasteiger charge is -2.32. The third kappa shape index (κ3) is 3.66. The summed E-state index contributed by atoms with van der Waals surface area (Å²) in [6.45, 7) is 3.94. The summed E-state index contributed by atoms with van der Waals surface area (Å²) in [7, 11) is 0. The van der Waals surface area contributed by atoms with Gasteiger partial charge in [-0.05, 0) is 41.9 Å². The summed E-state index contributed by atoms with van der Waals surface area (Å²) in [5.41, 5.74) is 0. The Hall–Kier alpha value is -0.880. The monoisotopic (exact) mass is 342 g/mol. The SMILES string of the molecule is CC(C(=O)NC(c1cccs1)c1cccs1)C1CNC1.Cl. The van der Waals surface area contributed by atoms with E-state index < -0.39 is 0 Å². The van der Waals surface area contributed by atoms with Crippen molar-refractivity contribution in [3.8, 4) is 0 Å². The second kappa shape index (κ2) is 7.40. The lowest BCUT2D eigenvalue weighted by molar-refractivity contribution is -0.127. The zero-order chi connectivity index (χ0) is 13.9. The van der Waals surface area contributed by atoms with Crippen molar-refractivity contribution < 1.29 is 4.79 Å². The Balaban J connectivity index is 0.00000161. The third-order valence-electron chi connectivity index (χ3n) is 3.88. The number of rotatable bonds is 5. The molecule has 2 N–H and O–H groups in total. The molecule has 2 aromatic rings. The molecule has 21 heavy (non-hydrogen) atoms. The van der Waals surface area contributed by atoms with Gasteiger partial charge in [-0.1, -0.05) is 19.1 Å². The number of hydrogen-bond donors (Lipinski definition) is 2. The summed E-state index contributed by atoms with van der Waals surface area (Å²) in [5, 5.41) is 10.6. The van der Waals surface area contributed by atoms with Crippen LogP contribution in [0.5, 0.6) is 0 Å². The first kappa shape index (κ1) is 16.5. The number of carbonyl (C=O) groups excluding carboxylic acids is 1. The fraction of sp³-hybridized carbons (Fsp3) is 0.400. The molecule has 1 amide bonds. The minimum atomic E-state index is -0.00187. The van der Waals surface area contributed by atoms with Crippen molar-refractivity contribution in [2.45, 2.75) is 13.0 Å². The van der Waals surface area contributed by atoms with Crippen LogP contribution in [0.4, 0.5) is 0 Å². The standard InChI is InChI=1S/C15H18N2OS2.ClH/c1-10(11-8-16-9-11)15(18)17-14(12-4-2-6-19-12)13-5-3-7-20-13;/h2-7,10-11,14,16H,8-9H2,1H3,(H,17,18);1H. The first-order valence-corrected chi connectivity index (χ1v) is 8.59. The van der Waals surface area contributed by atoms with Crippen LogP contribution in [0.2, 0.25) is 0 Å². The molecule has 1 fully saturated rings. The maximum absolute atomic E-state index is 12.4. The topological polar surface area (TPSA) is 41.1 Å². The van der Waals surface area contributed by atoms with Crippen LogP contribution in [-0.4, -0.2) is 19.0 Å². The highest BCUT2D eigenvalue weighted by Crippen LogP contribution is 2.30. The van der Waals surface area contributed by atoms with Crippen LogP contribution in [0, 0.1) is 11.8 Å². The van der Waals surface area contributed by atoms with Crippen molar-refractivity contribution in [3.63, 3.8) is 0 Å². The van der Waals surface area contributed by atoms with Crippen molar-refractivity contribution in [1.29, 1.82) is 0 Å². The van der Waals surface area contributed by atoms with Crippen LogP contribution < -0.4 is 10.6 Å². The Morgan fingerprint density at radius 2 is 1.81 bits per heavy atom. The third-order valence-corrected chi connectivity index (χ3v) is 5.75. The summed E-state index contributed by atoms with van der Waals surface area (Å²) in [5.74, 6) is 0.698. The van der Waals surface area contributed by atoms with E-state index in [0.29, 0.717) is 5.92 Å². The molecule has 1 aliphatic heterocycles. The van der Waals surface area contributed by atoms with E-state index >= 15 is 0 Å². The van der Waals surface area contributed by atoms with Gasteiger partial charge in [-0.15, -0.1) is 35.1 Å². The van der Waals surface area contributed by atoms with Gasteiger partial charge in [-0.25, -0.2) is 0 Å². The number of carbonyl (C=O) groups is 1. The number of hydrogen-bond acceptors (Lipinski definition) is 4. The highest BCUT2D eigenvalue weighted by atomic mass is 35.5. The molecule has 0 aliphatic carbocycles. The van der Waals surface area contributed by atoms with E-state index in [1.165, 1.54) is 9.75 Å². The summed E-state index contributed by atoms with van der Waals surface area (Å²) in [4.78, 5) is 14.8. The predicted molar refractivity (Wildman–Crippen MR) is 91.4 cm³/mol. The first-order valence-electron chi connectivity index (χ1n) is 6.83. The lowest BCUT2D eigenvalue weighted by atomic mass is 9.88. The Morgan fingerprint density at radius 3 is 2.19 bits per heavy atom. The van der Waals surface area contributed by atoms with Crippen LogP contribution in [0.3, 0.4) is 0 Å². The normalized spacial score (nSPS) is 16.1. The van der Waals surface area contributed by atoms with Crippen molar-refractivity contribution in [3.05, 3.63) is 44.8 Å². The molecule has 0 radical (unpaired) electrons. The smallest absolute Gasteiger partial charge is 0.224 e. The molecule has 0 saturated carbocycles. The number of halogens is 1. The van der Waals surface area contributed by atoms with Gasteiger partial charge < -0.3 is 10.6 Å². The molecule has 3 rings (SSSR count). The Labute approximate surface area is 139 Å². The quantitative estimate of drug-likeness (QED) is 0.875. The molecule has 0 aromatic carbocycles. The van der Waals surface area contributed by atoms with Gasteiger partial charge in [0.2, 0.25) is 5.91 Å². The zero-order valence-corrected chi connectivity index (χ0v) is 14.2. The fourth-order valence-corrected chi connectivity index (χ4v) is 4.01. The average molecular weight is 343 g/mol. The molecule has 1 aliphatic rings. The van der Waals surface area contributed by atoms with Gasteiger partial charge in [-0.2, -0.15) is 0 Å². The molecule has 1 atom stereocenters. The Morgan fingerprint density at radius 1 is 1.24 bits per heavy atom. The van der Waals surface area contributed by atoms with Gasteiger partial charge in [0.15, 0.2) is 0 Å². The van der Waals surface area contributed by atoms with Crippen LogP contribution in [0.15, 0.2) is 35.0 Å². The minimum Gasteiger partial charge on any atom is -0.343 e. The summed E-state index contributed by atoms with van der Waals surface area (Å²) < 4.78 is 0. The fourth-order valence-electron chi connectivity index (χ4n) is 2.35. The second-order valence-corrected chi connectivity index (χ2v) is 7.14. The zero-order valence-electron chi connectivity index (χ0n) is 11.7. The largest absolute Gasteiger partial charge is 0.343 e. The number of nitrogens with one attached hydrogen (secondary N) is 2. The van der Waals surface area contributed by atoms with Gasteiger partial charge in [0.1, 0.15) is 0 Å². The van der Waals surface area contributed by atoms with E-state index in [1.807, 2.05) is 19.1 Å². The van der Waals surface area contributed by atoms with Crippen LogP contribution in [0.25, 0.3) is 0 Å². The molecule has 3 heterocycles. The lowest BCUT2D eigenvalue weighted by Crippen LogP contribution is -2.50. The highest BCUT2D eigenvalue weighted by molar-refractivity contribution is 7.11. The molecule has 114 valence electrons. The van der Waals surface area contributed by atoms with E-state index in [0.717, 1.165) is 13.1 Å². The molecule has 0 spiro atoms. The van der Waals surface area contributed by atoms with Crippen molar-refractivity contribution in [1.82, 2.24) is 10.6 Å². The summed E-state index contributed by atoms with van der Waals surface area (Å²) in [6.07, 6.45) is 0. The van der Waals surface area contributed by atoms with Gasteiger partial charge in [-0.3, -0.25) is 4.79 Å². The predicted octanol–water partition coefficient (Wildman–Crippen LogP) is 3.29. The number of thiophene rings is 2. The van der Waals surface area contributed by atoms with E-state index in [-0.39, 0.29) is 30.3 Å². The van der Waals surface area contributed by atoms with Gasteiger partial charge in [0.25, 0.3) is 0 Å². The van der Waals surface area contributed by atoms with Gasteiger partial charge >= 0.3 is 0 Å². The molecule has 0 bridgehead atoms. The van der Waals surface area contributed by atoms with Crippen molar-refractivity contribution >= 4 is 41.0 Å². The average Bonchev–Trinajstić information content (AvgIpc) is 3.06. The van der Waals surface area contributed by atoms with Crippen LogP contribution in [-0.2, 0) is 4.79 Å². The minimum absolute atomic E-state index is 0. The highest BCUT2D eigenvalue weighted by Gasteiger charge is 2.30. The van der Waals surface area contributed by atoms with E-state index in [4.69, 9.17) is 0 Å². The van der Waals surface area contributed by atoms with E-state index in [2.05, 4.69) is 33.5 Å². The van der Waals surface area contributed by atoms with Crippen LogP contribution in [0.1, 0.15) is 22.7 Å². The Kier molecular flexibility index (Phi) is 5.81. The maximum atomic E-state index is 12.4. The molecular weight excluding hydrogens is 324 g/mol.